The summed E-state index contributed by atoms with van der Waals surface area (Å²) in [5.74, 6) is -0.215. The van der Waals surface area contributed by atoms with Gasteiger partial charge in [0.15, 0.2) is 0 Å². The number of thioether (sulfide) groups is 1. The van der Waals surface area contributed by atoms with E-state index in [2.05, 4.69) is 16.0 Å². The van der Waals surface area contributed by atoms with Crippen LogP contribution < -0.4 is 16.0 Å². The second-order valence-corrected chi connectivity index (χ2v) is 5.62. The maximum absolute atomic E-state index is 11.5. The lowest BCUT2D eigenvalue weighted by Gasteiger charge is -2.14. The monoisotopic (exact) mass is 303 g/mol. The minimum absolute atomic E-state index is 0.0237. The minimum atomic E-state index is -1.05. The van der Waals surface area contributed by atoms with Crippen molar-refractivity contribution in [2.24, 2.45) is 5.92 Å². The van der Waals surface area contributed by atoms with E-state index in [1.54, 1.807) is 0 Å². The Bertz CT molecular complexity index is 361. The highest BCUT2D eigenvalue weighted by Crippen LogP contribution is 2.28. The first kappa shape index (κ1) is 16.6. The van der Waals surface area contributed by atoms with Crippen molar-refractivity contribution in [1.82, 2.24) is 16.0 Å². The highest BCUT2D eigenvalue weighted by Gasteiger charge is 2.29. The molecular weight excluding hydrogens is 282 g/mol. The molecule has 7 nitrogen and oxygen atoms in total. The van der Waals surface area contributed by atoms with Crippen LogP contribution in [0.25, 0.3) is 0 Å². The molecule has 0 aromatic heterocycles. The number of amides is 3. The first-order valence-electron chi connectivity index (χ1n) is 6.58. The van der Waals surface area contributed by atoms with Crippen molar-refractivity contribution in [3.63, 3.8) is 0 Å². The summed E-state index contributed by atoms with van der Waals surface area (Å²) in [4.78, 5) is 33.8. The van der Waals surface area contributed by atoms with Crippen LogP contribution in [0.5, 0.6) is 0 Å². The fraction of sp³-hybridized carbons (Fsp3) is 0.750. The van der Waals surface area contributed by atoms with Crippen LogP contribution >= 0.6 is 11.8 Å². The van der Waals surface area contributed by atoms with Crippen LogP contribution in [0.1, 0.15) is 19.3 Å². The van der Waals surface area contributed by atoms with E-state index in [0.29, 0.717) is 18.7 Å². The van der Waals surface area contributed by atoms with Gasteiger partial charge in [0.1, 0.15) is 6.04 Å². The van der Waals surface area contributed by atoms with Gasteiger partial charge in [0.2, 0.25) is 5.91 Å². The predicted molar refractivity (Wildman–Crippen MR) is 76.7 cm³/mol. The van der Waals surface area contributed by atoms with E-state index < -0.39 is 18.0 Å². The van der Waals surface area contributed by atoms with E-state index in [-0.39, 0.29) is 18.4 Å². The molecule has 114 valence electrons. The molecule has 0 unspecified atom stereocenters. The first-order chi connectivity index (χ1) is 9.54. The Morgan fingerprint density at radius 1 is 1.25 bits per heavy atom. The Kier molecular flexibility index (Phi) is 7.21. The standard InChI is InChI=1S/C12H21N3O4S/c1-20-7-4-9(11(17)18)15-12(19)14-6-5-13-10(16)8-2-3-8/h8-9H,2-7H2,1H3,(H,13,16)(H,17,18)(H2,14,15,19)/t9-/m1/s1. The van der Waals surface area contributed by atoms with Crippen LogP contribution in [-0.4, -0.2) is 54.2 Å². The summed E-state index contributed by atoms with van der Waals surface area (Å²) in [6.07, 6.45) is 4.13. The normalized spacial score (nSPS) is 15.2. The number of carboxylic acids is 1. The third-order valence-electron chi connectivity index (χ3n) is 2.87. The van der Waals surface area contributed by atoms with E-state index >= 15 is 0 Å². The van der Waals surface area contributed by atoms with Gasteiger partial charge in [-0.05, 0) is 31.3 Å². The van der Waals surface area contributed by atoms with Crippen molar-refractivity contribution in [2.45, 2.75) is 25.3 Å². The molecule has 1 rings (SSSR count). The van der Waals surface area contributed by atoms with E-state index in [1.807, 2.05) is 6.26 Å². The summed E-state index contributed by atoms with van der Waals surface area (Å²) in [7, 11) is 0. The zero-order valence-corrected chi connectivity index (χ0v) is 12.3. The number of hydrogen-bond acceptors (Lipinski definition) is 4. The zero-order valence-electron chi connectivity index (χ0n) is 11.5. The Balaban J connectivity index is 2.13. The van der Waals surface area contributed by atoms with Gasteiger partial charge >= 0.3 is 12.0 Å². The third-order valence-corrected chi connectivity index (χ3v) is 3.52. The largest absolute Gasteiger partial charge is 0.480 e. The van der Waals surface area contributed by atoms with Gasteiger partial charge in [0.05, 0.1) is 0 Å². The fourth-order valence-electron chi connectivity index (χ4n) is 1.55. The summed E-state index contributed by atoms with van der Waals surface area (Å²) in [5, 5.41) is 16.6. The van der Waals surface area contributed by atoms with Crippen molar-refractivity contribution < 1.29 is 19.5 Å². The summed E-state index contributed by atoms with van der Waals surface area (Å²) in [5.41, 5.74) is 0. The highest BCUT2D eigenvalue weighted by atomic mass is 32.2. The fourth-order valence-corrected chi connectivity index (χ4v) is 2.03. The molecule has 1 fully saturated rings. The molecule has 1 aliphatic rings. The lowest BCUT2D eigenvalue weighted by atomic mass is 10.2. The molecular formula is C12H21N3O4S. The van der Waals surface area contributed by atoms with Gasteiger partial charge in [-0.25, -0.2) is 9.59 Å². The molecule has 0 radical (unpaired) electrons. The topological polar surface area (TPSA) is 108 Å². The molecule has 1 saturated carbocycles. The summed E-state index contributed by atoms with van der Waals surface area (Å²) >= 11 is 1.53. The van der Waals surface area contributed by atoms with Crippen molar-refractivity contribution in [2.75, 3.05) is 25.1 Å². The number of carbonyl (C=O) groups excluding carboxylic acids is 2. The quantitative estimate of drug-likeness (QED) is 0.449. The van der Waals surface area contributed by atoms with Crippen LogP contribution in [0, 0.1) is 5.92 Å². The molecule has 0 spiro atoms. The molecule has 0 heterocycles. The third kappa shape index (κ3) is 6.65. The lowest BCUT2D eigenvalue weighted by molar-refractivity contribution is -0.139. The Morgan fingerprint density at radius 3 is 2.45 bits per heavy atom. The lowest BCUT2D eigenvalue weighted by Crippen LogP contribution is -2.47. The average molecular weight is 303 g/mol. The summed E-state index contributed by atoms with van der Waals surface area (Å²) in [6, 6.07) is -1.41. The Labute approximate surface area is 122 Å². The van der Waals surface area contributed by atoms with Crippen molar-refractivity contribution in [3.05, 3.63) is 0 Å². The van der Waals surface area contributed by atoms with E-state index in [0.717, 1.165) is 12.8 Å². The number of hydrogen-bond donors (Lipinski definition) is 4. The second kappa shape index (κ2) is 8.68. The molecule has 8 heteroatoms. The van der Waals surface area contributed by atoms with Crippen LogP contribution in [0.15, 0.2) is 0 Å². The molecule has 0 aromatic carbocycles. The molecule has 4 N–H and O–H groups in total. The second-order valence-electron chi connectivity index (χ2n) is 4.64. The van der Waals surface area contributed by atoms with Gasteiger partial charge in [0.25, 0.3) is 0 Å². The molecule has 1 atom stereocenters. The van der Waals surface area contributed by atoms with E-state index in [9.17, 15) is 14.4 Å². The molecule has 3 amide bonds. The number of urea groups is 1. The van der Waals surface area contributed by atoms with Crippen LogP contribution in [0.2, 0.25) is 0 Å². The summed E-state index contributed by atoms with van der Waals surface area (Å²) in [6.45, 7) is 0.629. The van der Waals surface area contributed by atoms with Gasteiger partial charge in [-0.3, -0.25) is 4.79 Å². The van der Waals surface area contributed by atoms with Crippen molar-refractivity contribution >= 4 is 29.7 Å². The Morgan fingerprint density at radius 2 is 1.90 bits per heavy atom. The highest BCUT2D eigenvalue weighted by molar-refractivity contribution is 7.98. The van der Waals surface area contributed by atoms with Gasteiger partial charge in [-0.2, -0.15) is 11.8 Å². The molecule has 20 heavy (non-hydrogen) atoms. The van der Waals surface area contributed by atoms with Crippen molar-refractivity contribution in [1.29, 1.82) is 0 Å². The van der Waals surface area contributed by atoms with E-state index in [4.69, 9.17) is 5.11 Å². The number of carboxylic acid groups (broad SMARTS) is 1. The van der Waals surface area contributed by atoms with Gasteiger partial charge in [-0.1, -0.05) is 0 Å². The zero-order chi connectivity index (χ0) is 15.0. The molecule has 0 aromatic rings. The maximum atomic E-state index is 11.5. The predicted octanol–water partition coefficient (Wildman–Crippen LogP) is 0.0181. The number of aliphatic carboxylic acids is 1. The van der Waals surface area contributed by atoms with Crippen molar-refractivity contribution in [3.8, 4) is 0 Å². The minimum Gasteiger partial charge on any atom is -0.480 e. The van der Waals surface area contributed by atoms with Gasteiger partial charge < -0.3 is 21.1 Å². The summed E-state index contributed by atoms with van der Waals surface area (Å²) < 4.78 is 0. The van der Waals surface area contributed by atoms with Gasteiger partial charge in [0, 0.05) is 19.0 Å². The molecule has 0 saturated heterocycles. The smallest absolute Gasteiger partial charge is 0.326 e. The van der Waals surface area contributed by atoms with Crippen LogP contribution in [0.3, 0.4) is 0 Å². The van der Waals surface area contributed by atoms with E-state index in [1.165, 1.54) is 11.8 Å². The maximum Gasteiger partial charge on any atom is 0.326 e. The number of nitrogens with one attached hydrogen (secondary N) is 3. The SMILES string of the molecule is CSCC[C@@H](NC(=O)NCCNC(=O)C1CC1)C(=O)O. The number of rotatable bonds is 9. The first-order valence-corrected chi connectivity index (χ1v) is 7.97. The molecule has 0 aliphatic heterocycles. The van der Waals surface area contributed by atoms with Gasteiger partial charge in [-0.15, -0.1) is 0 Å². The van der Waals surface area contributed by atoms with Crippen LogP contribution in [-0.2, 0) is 9.59 Å². The molecule has 0 bridgehead atoms. The average Bonchev–Trinajstić information content (AvgIpc) is 3.23. The number of carbonyl (C=O) groups is 3. The van der Waals surface area contributed by atoms with Crippen LogP contribution in [0.4, 0.5) is 4.79 Å². The Hall–Kier alpha value is -1.44. The molecule has 1 aliphatic carbocycles.